The molecule has 4 aromatic carbocycles. The number of fused-ring (bicyclic) bond motifs is 1. The van der Waals surface area contributed by atoms with Crippen LogP contribution >= 0.6 is 0 Å². The van der Waals surface area contributed by atoms with Crippen LogP contribution in [0.5, 0.6) is 11.5 Å². The minimum atomic E-state index is -0.545. The number of benzene rings is 4. The smallest absolute Gasteiger partial charge is 0.259 e. The van der Waals surface area contributed by atoms with E-state index < -0.39 is 11.8 Å². The van der Waals surface area contributed by atoms with E-state index in [0.29, 0.717) is 40.1 Å². The van der Waals surface area contributed by atoms with Gasteiger partial charge in [0.15, 0.2) is 5.75 Å². The van der Waals surface area contributed by atoms with Crippen LogP contribution in [0.15, 0.2) is 89.1 Å². The molecule has 0 aliphatic carbocycles. The molecule has 0 unspecified atom stereocenters. The Morgan fingerprint density at radius 3 is 2.41 bits per heavy atom. The topological polar surface area (TPSA) is 126 Å². The molecule has 34 heavy (non-hydrogen) atoms. The maximum absolute atomic E-state index is 13.1. The summed E-state index contributed by atoms with van der Waals surface area (Å²) in [6.45, 7) is 2.30. The summed E-state index contributed by atoms with van der Waals surface area (Å²) in [5.41, 5.74) is 6.75. The molecule has 8 nitrogen and oxygen atoms in total. The predicted octanol–water partition coefficient (Wildman–Crippen LogP) is 5.71. The number of carbonyl (C=O) groups is 2. The Labute approximate surface area is 195 Å². The summed E-state index contributed by atoms with van der Waals surface area (Å²) >= 11 is 0. The highest BCUT2D eigenvalue weighted by Gasteiger charge is 2.19. The van der Waals surface area contributed by atoms with Crippen molar-refractivity contribution in [2.75, 3.05) is 11.9 Å². The number of carbonyl (C=O) groups excluding carboxylic acids is 2. The molecule has 8 heteroatoms. The summed E-state index contributed by atoms with van der Waals surface area (Å²) in [5, 5.41) is 23.5. The average Bonchev–Trinajstić information content (AvgIpc) is 2.84. The summed E-state index contributed by atoms with van der Waals surface area (Å²) < 4.78 is 5.57. The van der Waals surface area contributed by atoms with Gasteiger partial charge in [-0.2, -0.15) is 5.11 Å². The lowest BCUT2D eigenvalue weighted by atomic mass is 10.0. The molecule has 0 saturated carbocycles. The SMILES string of the molecule is CCOc1ccccc1NC(=O)c1cc2ccccc2c(/N=N/c2ccc(C(N)=O)cc2)c1O. The van der Waals surface area contributed by atoms with Crippen molar-refractivity contribution < 1.29 is 19.4 Å². The monoisotopic (exact) mass is 454 g/mol. The first-order chi connectivity index (χ1) is 16.5. The number of phenols is 1. The van der Waals surface area contributed by atoms with E-state index in [9.17, 15) is 14.7 Å². The summed E-state index contributed by atoms with van der Waals surface area (Å²) in [6.07, 6.45) is 0. The van der Waals surface area contributed by atoms with Crippen molar-refractivity contribution in [2.45, 2.75) is 6.92 Å². The molecule has 2 amide bonds. The van der Waals surface area contributed by atoms with Gasteiger partial charge in [-0.05, 0) is 54.8 Å². The van der Waals surface area contributed by atoms with Gasteiger partial charge in [0, 0.05) is 10.9 Å². The Morgan fingerprint density at radius 1 is 0.971 bits per heavy atom. The third-order valence-corrected chi connectivity index (χ3v) is 5.09. The number of para-hydroxylation sites is 2. The number of anilines is 1. The van der Waals surface area contributed by atoms with Crippen LogP contribution in [-0.4, -0.2) is 23.5 Å². The zero-order valence-corrected chi connectivity index (χ0v) is 18.4. The highest BCUT2D eigenvalue weighted by atomic mass is 16.5. The van der Waals surface area contributed by atoms with Crippen molar-refractivity contribution in [3.8, 4) is 11.5 Å². The molecule has 4 aromatic rings. The number of aromatic hydroxyl groups is 1. The number of rotatable bonds is 7. The molecule has 4 rings (SSSR count). The van der Waals surface area contributed by atoms with Gasteiger partial charge in [0.2, 0.25) is 5.91 Å². The van der Waals surface area contributed by atoms with Crippen LogP contribution in [0.1, 0.15) is 27.6 Å². The summed E-state index contributed by atoms with van der Waals surface area (Å²) in [6, 6.07) is 22.1. The van der Waals surface area contributed by atoms with Gasteiger partial charge < -0.3 is 20.9 Å². The fraction of sp³-hybridized carbons (Fsp3) is 0.0769. The fourth-order valence-corrected chi connectivity index (χ4v) is 3.43. The number of nitrogens with zero attached hydrogens (tertiary/aromatic N) is 2. The second-order valence-corrected chi connectivity index (χ2v) is 7.34. The Morgan fingerprint density at radius 2 is 1.68 bits per heavy atom. The van der Waals surface area contributed by atoms with Gasteiger partial charge in [0.1, 0.15) is 11.4 Å². The maximum Gasteiger partial charge on any atom is 0.259 e. The van der Waals surface area contributed by atoms with E-state index in [1.54, 1.807) is 48.5 Å². The number of phenolic OH excluding ortho intramolecular Hbond substituents is 1. The molecule has 0 fully saturated rings. The van der Waals surface area contributed by atoms with Gasteiger partial charge in [-0.15, -0.1) is 5.11 Å². The van der Waals surface area contributed by atoms with Crippen molar-refractivity contribution in [1.82, 2.24) is 0 Å². The number of hydrogen-bond donors (Lipinski definition) is 3. The molecule has 0 saturated heterocycles. The third-order valence-electron chi connectivity index (χ3n) is 5.09. The van der Waals surface area contributed by atoms with Crippen molar-refractivity contribution >= 4 is 39.6 Å². The van der Waals surface area contributed by atoms with Crippen LogP contribution in [0.25, 0.3) is 10.8 Å². The van der Waals surface area contributed by atoms with Crippen LogP contribution in [0.4, 0.5) is 17.1 Å². The standard InChI is InChI=1S/C26H22N4O4/c1-2-34-22-10-6-5-9-21(22)28-26(33)20-15-17-7-3-4-8-19(17)23(24(20)31)30-29-18-13-11-16(12-14-18)25(27)32/h3-15,31H,2H2,1H3,(H2,27,32)(H,28,33)/b30-29+. The van der Waals surface area contributed by atoms with Crippen LogP contribution in [0.3, 0.4) is 0 Å². The number of nitrogens with one attached hydrogen (secondary N) is 1. The maximum atomic E-state index is 13.1. The van der Waals surface area contributed by atoms with Gasteiger partial charge >= 0.3 is 0 Å². The third kappa shape index (κ3) is 4.71. The highest BCUT2D eigenvalue weighted by Crippen LogP contribution is 2.40. The van der Waals surface area contributed by atoms with Crippen molar-refractivity contribution in [3.63, 3.8) is 0 Å². The predicted molar refractivity (Wildman–Crippen MR) is 130 cm³/mol. The average molecular weight is 454 g/mol. The number of amides is 2. The highest BCUT2D eigenvalue weighted by molar-refractivity contribution is 6.12. The van der Waals surface area contributed by atoms with Gasteiger partial charge in [-0.25, -0.2) is 0 Å². The van der Waals surface area contributed by atoms with Gasteiger partial charge in [-0.3, -0.25) is 9.59 Å². The Hall–Kier alpha value is -4.72. The minimum Gasteiger partial charge on any atom is -0.505 e. The summed E-state index contributed by atoms with van der Waals surface area (Å²) in [7, 11) is 0. The van der Waals surface area contributed by atoms with E-state index in [1.807, 2.05) is 25.1 Å². The zero-order valence-electron chi connectivity index (χ0n) is 18.4. The molecule has 4 N–H and O–H groups in total. The summed E-state index contributed by atoms with van der Waals surface area (Å²) in [5.74, 6) is -0.838. The van der Waals surface area contributed by atoms with Crippen LogP contribution in [0, 0.1) is 0 Å². The molecular weight excluding hydrogens is 432 g/mol. The Kier molecular flexibility index (Phi) is 6.49. The number of azo groups is 1. The normalized spacial score (nSPS) is 11.0. The Balaban J connectivity index is 1.73. The summed E-state index contributed by atoms with van der Waals surface area (Å²) in [4.78, 5) is 24.4. The van der Waals surface area contributed by atoms with Crippen LogP contribution in [-0.2, 0) is 0 Å². The molecule has 0 heterocycles. The van der Waals surface area contributed by atoms with E-state index in [0.717, 1.165) is 0 Å². The van der Waals surface area contributed by atoms with Gasteiger partial charge in [0.25, 0.3) is 5.91 Å². The first-order valence-corrected chi connectivity index (χ1v) is 10.6. The van der Waals surface area contributed by atoms with E-state index in [-0.39, 0.29) is 17.0 Å². The minimum absolute atomic E-state index is 0.0445. The second kappa shape index (κ2) is 9.83. The lowest BCUT2D eigenvalue weighted by molar-refractivity contribution is 0.0997. The molecule has 0 aliphatic heterocycles. The molecule has 170 valence electrons. The largest absolute Gasteiger partial charge is 0.505 e. The van der Waals surface area contributed by atoms with E-state index in [2.05, 4.69) is 15.5 Å². The number of nitrogens with two attached hydrogens (primary N) is 1. The zero-order chi connectivity index (χ0) is 24.1. The molecule has 0 spiro atoms. The van der Waals surface area contributed by atoms with Crippen LogP contribution in [0.2, 0.25) is 0 Å². The Bertz CT molecular complexity index is 1400. The number of ether oxygens (including phenoxy) is 1. The van der Waals surface area contributed by atoms with E-state index >= 15 is 0 Å². The van der Waals surface area contributed by atoms with Gasteiger partial charge in [0.05, 0.1) is 23.5 Å². The van der Waals surface area contributed by atoms with E-state index in [4.69, 9.17) is 10.5 Å². The lowest BCUT2D eigenvalue weighted by Crippen LogP contribution is -2.13. The number of hydrogen-bond acceptors (Lipinski definition) is 6. The lowest BCUT2D eigenvalue weighted by Gasteiger charge is -2.13. The van der Waals surface area contributed by atoms with Gasteiger partial charge in [-0.1, -0.05) is 36.4 Å². The molecule has 0 atom stereocenters. The quantitative estimate of drug-likeness (QED) is 0.309. The second-order valence-electron chi connectivity index (χ2n) is 7.34. The molecular formula is C26H22N4O4. The van der Waals surface area contributed by atoms with Crippen molar-refractivity contribution in [2.24, 2.45) is 16.0 Å². The van der Waals surface area contributed by atoms with Crippen molar-refractivity contribution in [3.05, 3.63) is 90.0 Å². The van der Waals surface area contributed by atoms with Crippen molar-refractivity contribution in [1.29, 1.82) is 0 Å². The molecule has 0 aliphatic rings. The molecule has 0 radical (unpaired) electrons. The first kappa shape index (κ1) is 22.5. The molecule has 0 bridgehead atoms. The number of primary amides is 1. The van der Waals surface area contributed by atoms with Crippen LogP contribution < -0.4 is 15.8 Å². The first-order valence-electron chi connectivity index (χ1n) is 10.6. The molecule has 0 aromatic heterocycles. The van der Waals surface area contributed by atoms with E-state index in [1.165, 1.54) is 12.1 Å². The fourth-order valence-electron chi connectivity index (χ4n) is 3.43.